The highest BCUT2D eigenvalue weighted by Gasteiger charge is 2.38. The van der Waals surface area contributed by atoms with Crippen LogP contribution in [0.3, 0.4) is 0 Å². The van der Waals surface area contributed by atoms with E-state index in [1.165, 1.54) is 11.8 Å². The van der Waals surface area contributed by atoms with Gasteiger partial charge in [-0.1, -0.05) is 6.07 Å². The van der Waals surface area contributed by atoms with E-state index in [1.807, 2.05) is 6.07 Å². The fraction of sp³-hybridized carbons (Fsp3) is 0.316. The lowest BCUT2D eigenvalue weighted by Gasteiger charge is -2.26. The average molecular weight is 356 g/mol. The molecule has 1 amide bonds. The molecule has 1 saturated carbocycles. The Kier molecular flexibility index (Phi) is 5.36. The van der Waals surface area contributed by atoms with Gasteiger partial charge in [0.15, 0.2) is 6.61 Å². The molecule has 26 heavy (non-hydrogen) atoms. The average Bonchev–Trinajstić information content (AvgIpc) is 3.47. The number of carboxylic acids is 1. The van der Waals surface area contributed by atoms with E-state index < -0.39 is 12.0 Å². The predicted molar refractivity (Wildman–Crippen MR) is 93.2 cm³/mol. The standard InChI is InChI=1S/C19H20N2O5/c1-13(19(23)24)21(14-5-6-14)18(22)12-25-15-7-9-16(10-8-15)26-17-4-2-3-11-20-17/h2-4,7-11,13-14H,5-6,12H2,1H3,(H,23,24). The molecular formula is C19H20N2O5. The maximum absolute atomic E-state index is 12.4. The summed E-state index contributed by atoms with van der Waals surface area (Å²) in [6, 6.07) is 11.3. The van der Waals surface area contributed by atoms with Gasteiger partial charge in [0.2, 0.25) is 5.88 Å². The van der Waals surface area contributed by atoms with Gasteiger partial charge in [-0.15, -0.1) is 0 Å². The molecule has 0 bridgehead atoms. The topological polar surface area (TPSA) is 89.0 Å². The van der Waals surface area contributed by atoms with Gasteiger partial charge >= 0.3 is 5.97 Å². The van der Waals surface area contributed by atoms with Crippen molar-refractivity contribution >= 4 is 11.9 Å². The van der Waals surface area contributed by atoms with E-state index in [4.69, 9.17) is 14.6 Å². The SMILES string of the molecule is CC(C(=O)O)N(C(=O)COc1ccc(Oc2ccccn2)cc1)C1CC1. The van der Waals surface area contributed by atoms with Gasteiger partial charge in [-0.05, 0) is 50.1 Å². The minimum atomic E-state index is -1.01. The minimum Gasteiger partial charge on any atom is -0.484 e. The van der Waals surface area contributed by atoms with Crippen LogP contribution in [0, 0.1) is 0 Å². The number of carbonyl (C=O) groups excluding carboxylic acids is 1. The Balaban J connectivity index is 1.55. The quantitative estimate of drug-likeness (QED) is 0.782. The van der Waals surface area contributed by atoms with Crippen molar-refractivity contribution in [2.75, 3.05) is 6.61 Å². The molecule has 1 aromatic carbocycles. The van der Waals surface area contributed by atoms with Gasteiger partial charge in [0.05, 0.1) is 0 Å². The highest BCUT2D eigenvalue weighted by molar-refractivity contribution is 5.84. The highest BCUT2D eigenvalue weighted by Crippen LogP contribution is 2.29. The first-order valence-corrected chi connectivity index (χ1v) is 8.40. The molecule has 1 aromatic heterocycles. The van der Waals surface area contributed by atoms with Crippen LogP contribution in [-0.4, -0.2) is 45.6 Å². The lowest BCUT2D eigenvalue weighted by molar-refractivity contribution is -0.150. The van der Waals surface area contributed by atoms with Gasteiger partial charge in [-0.25, -0.2) is 9.78 Å². The number of nitrogens with zero attached hydrogens (tertiary/aromatic N) is 2. The number of rotatable bonds is 8. The number of aromatic nitrogens is 1. The number of pyridine rings is 1. The Hall–Kier alpha value is -3.09. The first-order chi connectivity index (χ1) is 12.5. The van der Waals surface area contributed by atoms with Crippen molar-refractivity contribution in [3.05, 3.63) is 48.7 Å². The fourth-order valence-electron chi connectivity index (χ4n) is 2.56. The van der Waals surface area contributed by atoms with Crippen LogP contribution in [-0.2, 0) is 9.59 Å². The maximum atomic E-state index is 12.4. The normalized spacial score (nSPS) is 14.3. The number of aliphatic carboxylic acids is 1. The second-order valence-electron chi connectivity index (χ2n) is 6.08. The Labute approximate surface area is 151 Å². The van der Waals surface area contributed by atoms with Crippen molar-refractivity contribution in [1.82, 2.24) is 9.88 Å². The third kappa shape index (κ3) is 4.50. The zero-order valence-corrected chi connectivity index (χ0v) is 14.4. The van der Waals surface area contributed by atoms with Crippen molar-refractivity contribution in [3.63, 3.8) is 0 Å². The smallest absolute Gasteiger partial charge is 0.326 e. The maximum Gasteiger partial charge on any atom is 0.326 e. The Morgan fingerprint density at radius 1 is 1.19 bits per heavy atom. The van der Waals surface area contributed by atoms with Crippen LogP contribution < -0.4 is 9.47 Å². The molecule has 0 spiro atoms. The van der Waals surface area contributed by atoms with Crippen LogP contribution in [0.15, 0.2) is 48.7 Å². The van der Waals surface area contributed by atoms with Crippen LogP contribution in [0.25, 0.3) is 0 Å². The summed E-state index contributed by atoms with van der Waals surface area (Å²) in [5.74, 6) is 0.253. The summed E-state index contributed by atoms with van der Waals surface area (Å²) in [7, 11) is 0. The van der Waals surface area contributed by atoms with E-state index in [0.29, 0.717) is 17.4 Å². The first-order valence-electron chi connectivity index (χ1n) is 8.40. The summed E-state index contributed by atoms with van der Waals surface area (Å²) in [5, 5.41) is 9.16. The number of hydrogen-bond acceptors (Lipinski definition) is 5. The Morgan fingerprint density at radius 3 is 2.46 bits per heavy atom. The highest BCUT2D eigenvalue weighted by atomic mass is 16.5. The molecule has 1 atom stereocenters. The molecule has 1 aliphatic rings. The zero-order chi connectivity index (χ0) is 18.5. The number of carbonyl (C=O) groups is 2. The molecule has 3 rings (SSSR count). The van der Waals surface area contributed by atoms with Crippen molar-refractivity contribution in [2.45, 2.75) is 31.8 Å². The van der Waals surface area contributed by atoms with Crippen molar-refractivity contribution < 1.29 is 24.2 Å². The number of hydrogen-bond donors (Lipinski definition) is 1. The second-order valence-corrected chi connectivity index (χ2v) is 6.08. The molecular weight excluding hydrogens is 336 g/mol. The Morgan fingerprint density at radius 2 is 1.88 bits per heavy atom. The molecule has 0 aliphatic heterocycles. The molecule has 1 fully saturated rings. The van der Waals surface area contributed by atoms with Crippen LogP contribution in [0.2, 0.25) is 0 Å². The molecule has 0 saturated heterocycles. The lowest BCUT2D eigenvalue weighted by Crippen LogP contribution is -2.46. The van der Waals surface area contributed by atoms with E-state index in [9.17, 15) is 9.59 Å². The van der Waals surface area contributed by atoms with Gasteiger partial charge in [0.25, 0.3) is 5.91 Å². The van der Waals surface area contributed by atoms with Crippen LogP contribution in [0.1, 0.15) is 19.8 Å². The second kappa shape index (κ2) is 7.86. The van der Waals surface area contributed by atoms with Gasteiger partial charge < -0.3 is 19.5 Å². The molecule has 7 heteroatoms. The summed E-state index contributed by atoms with van der Waals surface area (Å²) >= 11 is 0. The molecule has 2 aromatic rings. The van der Waals surface area contributed by atoms with E-state index in [-0.39, 0.29) is 18.6 Å². The van der Waals surface area contributed by atoms with Crippen molar-refractivity contribution in [1.29, 1.82) is 0 Å². The zero-order valence-electron chi connectivity index (χ0n) is 14.4. The fourth-order valence-corrected chi connectivity index (χ4v) is 2.56. The lowest BCUT2D eigenvalue weighted by atomic mass is 10.2. The van der Waals surface area contributed by atoms with Crippen LogP contribution in [0.4, 0.5) is 0 Å². The first kappa shape index (κ1) is 17.7. The minimum absolute atomic E-state index is 0.00588. The van der Waals surface area contributed by atoms with E-state index in [0.717, 1.165) is 12.8 Å². The van der Waals surface area contributed by atoms with Crippen LogP contribution in [0.5, 0.6) is 17.4 Å². The molecule has 1 heterocycles. The van der Waals surface area contributed by atoms with Crippen LogP contribution >= 0.6 is 0 Å². The summed E-state index contributed by atoms with van der Waals surface area (Å²) < 4.78 is 11.1. The summed E-state index contributed by atoms with van der Waals surface area (Å²) in [5.41, 5.74) is 0. The molecule has 0 radical (unpaired) electrons. The third-order valence-electron chi connectivity index (χ3n) is 4.05. The van der Waals surface area contributed by atoms with E-state index >= 15 is 0 Å². The molecule has 136 valence electrons. The molecule has 1 aliphatic carbocycles. The monoisotopic (exact) mass is 356 g/mol. The number of ether oxygens (including phenoxy) is 2. The van der Waals surface area contributed by atoms with Crippen molar-refractivity contribution in [2.24, 2.45) is 0 Å². The van der Waals surface area contributed by atoms with Gasteiger partial charge in [-0.2, -0.15) is 0 Å². The van der Waals surface area contributed by atoms with E-state index in [1.54, 1.807) is 42.6 Å². The Bertz CT molecular complexity index is 759. The van der Waals surface area contributed by atoms with Gasteiger partial charge in [-0.3, -0.25) is 4.79 Å². The van der Waals surface area contributed by atoms with E-state index in [2.05, 4.69) is 4.98 Å². The number of carboxylic acid groups (broad SMARTS) is 1. The molecule has 1 unspecified atom stereocenters. The summed E-state index contributed by atoms with van der Waals surface area (Å²) in [6.07, 6.45) is 3.31. The summed E-state index contributed by atoms with van der Waals surface area (Å²) in [6.45, 7) is 1.32. The molecule has 7 nitrogen and oxygen atoms in total. The predicted octanol–water partition coefficient (Wildman–Crippen LogP) is 2.72. The summed E-state index contributed by atoms with van der Waals surface area (Å²) in [4.78, 5) is 29.0. The largest absolute Gasteiger partial charge is 0.484 e. The van der Waals surface area contributed by atoms with Gasteiger partial charge in [0.1, 0.15) is 17.5 Å². The molecule has 1 N–H and O–H groups in total. The third-order valence-corrected chi connectivity index (χ3v) is 4.05. The number of benzene rings is 1. The number of amides is 1. The van der Waals surface area contributed by atoms with Crippen molar-refractivity contribution in [3.8, 4) is 17.4 Å². The van der Waals surface area contributed by atoms with Gasteiger partial charge in [0, 0.05) is 18.3 Å².